The number of hydrazine groups is 1. The summed E-state index contributed by atoms with van der Waals surface area (Å²) in [6.45, 7) is 7.19. The molecule has 1 atom stereocenters. The molecule has 0 aliphatic carbocycles. The third kappa shape index (κ3) is 4.61. The van der Waals surface area contributed by atoms with Crippen LogP contribution in [0.3, 0.4) is 0 Å². The first kappa shape index (κ1) is 16.7. The molecule has 1 rings (SSSR count). The van der Waals surface area contributed by atoms with Gasteiger partial charge >= 0.3 is 0 Å². The molecule has 0 radical (unpaired) electrons. The monoisotopic (exact) mass is 281 g/mol. The molecule has 0 fully saturated rings. The van der Waals surface area contributed by atoms with E-state index in [2.05, 4.69) is 34.6 Å². The number of aromatic nitrogens is 2. The first-order valence-corrected chi connectivity index (χ1v) is 7.35. The van der Waals surface area contributed by atoms with Crippen molar-refractivity contribution in [1.29, 1.82) is 0 Å². The molecular weight excluding hydrogens is 254 g/mol. The van der Waals surface area contributed by atoms with Gasteiger partial charge in [-0.1, -0.05) is 20.3 Å². The van der Waals surface area contributed by atoms with Crippen molar-refractivity contribution < 1.29 is 5.11 Å². The van der Waals surface area contributed by atoms with Crippen molar-refractivity contribution in [3.63, 3.8) is 0 Å². The Bertz CT molecular complexity index is 411. The van der Waals surface area contributed by atoms with Gasteiger partial charge in [-0.25, -0.2) is 15.8 Å². The third-order valence-electron chi connectivity index (χ3n) is 3.48. The first-order valence-electron chi connectivity index (χ1n) is 7.35. The minimum absolute atomic E-state index is 0.222. The predicted molar refractivity (Wildman–Crippen MR) is 82.5 cm³/mol. The molecule has 114 valence electrons. The summed E-state index contributed by atoms with van der Waals surface area (Å²) in [6.07, 6.45) is 3.66. The zero-order valence-electron chi connectivity index (χ0n) is 12.7. The van der Waals surface area contributed by atoms with Crippen LogP contribution < -0.4 is 16.6 Å². The minimum Gasteiger partial charge on any atom is -0.396 e. The molecule has 1 unspecified atom stereocenters. The normalized spacial score (nSPS) is 12.2. The molecule has 0 saturated heterocycles. The van der Waals surface area contributed by atoms with Crippen molar-refractivity contribution in [2.75, 3.05) is 23.9 Å². The fourth-order valence-electron chi connectivity index (χ4n) is 2.09. The molecule has 0 aliphatic rings. The molecule has 0 amide bonds. The van der Waals surface area contributed by atoms with E-state index in [1.54, 1.807) is 0 Å². The van der Waals surface area contributed by atoms with Gasteiger partial charge in [0, 0.05) is 25.1 Å². The minimum atomic E-state index is 0.222. The van der Waals surface area contributed by atoms with E-state index in [4.69, 9.17) is 10.9 Å². The molecule has 0 aromatic carbocycles. The molecule has 20 heavy (non-hydrogen) atoms. The molecular formula is C14H27N5O. The van der Waals surface area contributed by atoms with Crippen molar-refractivity contribution in [3.8, 4) is 0 Å². The van der Waals surface area contributed by atoms with E-state index in [1.807, 2.05) is 6.92 Å². The van der Waals surface area contributed by atoms with E-state index >= 15 is 0 Å². The standard InChI is InChI=1S/C14H27N5O/c1-4-6-12-17-13(10(3)14(18-12)19-15)16-9-11(5-2)7-8-20/h11,20H,4-9,15H2,1-3H3,(H2,16,17,18,19). The predicted octanol–water partition coefficient (Wildman–Crippen LogP) is 1.84. The Balaban J connectivity index is 2.84. The lowest BCUT2D eigenvalue weighted by Crippen LogP contribution is -2.19. The van der Waals surface area contributed by atoms with Gasteiger partial charge in [0.1, 0.15) is 17.5 Å². The Labute approximate surface area is 121 Å². The highest BCUT2D eigenvalue weighted by Crippen LogP contribution is 2.20. The Morgan fingerprint density at radius 1 is 1.25 bits per heavy atom. The van der Waals surface area contributed by atoms with Crippen LogP contribution in [-0.4, -0.2) is 28.2 Å². The summed E-state index contributed by atoms with van der Waals surface area (Å²) in [7, 11) is 0. The molecule has 0 aliphatic heterocycles. The van der Waals surface area contributed by atoms with Crippen LogP contribution in [0.15, 0.2) is 0 Å². The van der Waals surface area contributed by atoms with Crippen LogP contribution in [0, 0.1) is 12.8 Å². The summed E-state index contributed by atoms with van der Waals surface area (Å²) >= 11 is 0. The van der Waals surface area contributed by atoms with Crippen molar-refractivity contribution in [2.45, 2.75) is 46.5 Å². The maximum absolute atomic E-state index is 9.04. The summed E-state index contributed by atoms with van der Waals surface area (Å²) in [4.78, 5) is 8.95. The molecule has 5 N–H and O–H groups in total. The lowest BCUT2D eigenvalue weighted by molar-refractivity contribution is 0.258. The van der Waals surface area contributed by atoms with Gasteiger partial charge in [-0.15, -0.1) is 0 Å². The number of hydrogen-bond donors (Lipinski definition) is 4. The number of nitrogens with two attached hydrogens (primary N) is 1. The highest BCUT2D eigenvalue weighted by molar-refractivity contribution is 5.56. The summed E-state index contributed by atoms with van der Waals surface area (Å²) in [5.41, 5.74) is 3.55. The van der Waals surface area contributed by atoms with Gasteiger partial charge < -0.3 is 15.8 Å². The summed E-state index contributed by atoms with van der Waals surface area (Å²) < 4.78 is 0. The Morgan fingerprint density at radius 2 is 1.95 bits per heavy atom. The number of rotatable bonds is 9. The molecule has 1 heterocycles. The average molecular weight is 281 g/mol. The highest BCUT2D eigenvalue weighted by Gasteiger charge is 2.12. The Morgan fingerprint density at radius 3 is 2.50 bits per heavy atom. The van der Waals surface area contributed by atoms with E-state index < -0.39 is 0 Å². The second kappa shape index (κ2) is 8.71. The van der Waals surface area contributed by atoms with Gasteiger partial charge in [0.15, 0.2) is 0 Å². The number of aliphatic hydroxyl groups excluding tert-OH is 1. The third-order valence-corrected chi connectivity index (χ3v) is 3.48. The van der Waals surface area contributed by atoms with Crippen LogP contribution in [0.5, 0.6) is 0 Å². The number of nitrogens with one attached hydrogen (secondary N) is 2. The summed E-state index contributed by atoms with van der Waals surface area (Å²) in [5, 5.41) is 12.4. The van der Waals surface area contributed by atoms with Crippen LogP contribution in [0.2, 0.25) is 0 Å². The van der Waals surface area contributed by atoms with Gasteiger partial charge in [-0.3, -0.25) is 0 Å². The van der Waals surface area contributed by atoms with Crippen LogP contribution in [-0.2, 0) is 6.42 Å². The van der Waals surface area contributed by atoms with Gasteiger partial charge in [-0.2, -0.15) is 0 Å². The zero-order chi connectivity index (χ0) is 15.0. The maximum atomic E-state index is 9.04. The van der Waals surface area contributed by atoms with E-state index in [1.165, 1.54) is 0 Å². The topological polar surface area (TPSA) is 96.1 Å². The molecule has 0 saturated carbocycles. The molecule has 1 aromatic rings. The lowest BCUT2D eigenvalue weighted by atomic mass is 10.0. The van der Waals surface area contributed by atoms with Crippen molar-refractivity contribution in [1.82, 2.24) is 9.97 Å². The second-order valence-electron chi connectivity index (χ2n) is 5.02. The quantitative estimate of drug-likeness (QED) is 0.407. The fourth-order valence-corrected chi connectivity index (χ4v) is 2.09. The van der Waals surface area contributed by atoms with E-state index in [-0.39, 0.29) is 6.61 Å². The highest BCUT2D eigenvalue weighted by atomic mass is 16.3. The van der Waals surface area contributed by atoms with Crippen LogP contribution in [0.25, 0.3) is 0 Å². The molecule has 6 nitrogen and oxygen atoms in total. The lowest BCUT2D eigenvalue weighted by Gasteiger charge is -2.17. The number of hydrogen-bond acceptors (Lipinski definition) is 6. The number of anilines is 2. The van der Waals surface area contributed by atoms with Gasteiger partial charge in [-0.05, 0) is 25.7 Å². The molecule has 6 heteroatoms. The van der Waals surface area contributed by atoms with Crippen molar-refractivity contribution in [2.24, 2.45) is 11.8 Å². The Kier molecular flexibility index (Phi) is 7.25. The van der Waals surface area contributed by atoms with E-state index in [0.717, 1.165) is 49.4 Å². The van der Waals surface area contributed by atoms with Crippen LogP contribution in [0.1, 0.15) is 44.5 Å². The molecule has 0 spiro atoms. The Hall–Kier alpha value is -1.40. The zero-order valence-corrected chi connectivity index (χ0v) is 12.7. The van der Waals surface area contributed by atoms with Gasteiger partial charge in [0.25, 0.3) is 0 Å². The number of aliphatic hydroxyl groups is 1. The summed E-state index contributed by atoms with van der Waals surface area (Å²) in [6, 6.07) is 0. The fraction of sp³-hybridized carbons (Fsp3) is 0.714. The van der Waals surface area contributed by atoms with Crippen molar-refractivity contribution in [3.05, 3.63) is 11.4 Å². The maximum Gasteiger partial charge on any atom is 0.148 e. The largest absolute Gasteiger partial charge is 0.396 e. The number of nitrogen functional groups attached to an aromatic ring is 1. The number of aryl methyl sites for hydroxylation is 1. The molecule has 0 bridgehead atoms. The van der Waals surface area contributed by atoms with Crippen LogP contribution >= 0.6 is 0 Å². The summed E-state index contributed by atoms with van der Waals surface area (Å²) in [5.74, 6) is 8.25. The average Bonchev–Trinajstić information content (AvgIpc) is 2.46. The van der Waals surface area contributed by atoms with E-state index in [9.17, 15) is 0 Å². The smallest absolute Gasteiger partial charge is 0.148 e. The number of nitrogens with zero attached hydrogens (tertiary/aromatic N) is 2. The van der Waals surface area contributed by atoms with Crippen LogP contribution in [0.4, 0.5) is 11.6 Å². The van der Waals surface area contributed by atoms with Gasteiger partial charge in [0.05, 0.1) is 0 Å². The first-order chi connectivity index (χ1) is 9.65. The molecule has 1 aromatic heterocycles. The van der Waals surface area contributed by atoms with E-state index in [0.29, 0.717) is 11.7 Å². The van der Waals surface area contributed by atoms with Crippen molar-refractivity contribution >= 4 is 11.6 Å². The SMILES string of the molecule is CCCc1nc(NN)c(C)c(NCC(CC)CCO)n1. The van der Waals surface area contributed by atoms with Gasteiger partial charge in [0.2, 0.25) is 0 Å². The second-order valence-corrected chi connectivity index (χ2v) is 5.02.